The number of nitrogens with zero attached hydrogens (tertiary/aromatic N) is 4. The van der Waals surface area contributed by atoms with E-state index in [1.54, 1.807) is 0 Å². The van der Waals surface area contributed by atoms with Crippen molar-refractivity contribution >= 4 is 16.6 Å². The summed E-state index contributed by atoms with van der Waals surface area (Å²) in [5.74, 6) is 0. The van der Waals surface area contributed by atoms with Crippen molar-refractivity contribution in [2.45, 2.75) is 0 Å². The number of rotatable bonds is 2. The standard InChI is InChI=1S/C12H9N3.C9H7N/c13-15-14-12-9-5-4-8-11(12)10-6-2-1-3-7-10;1-2-6-9-8(4-1)5-3-7-10-9/h1-9H;1-7H. The first-order valence-electron chi connectivity index (χ1n) is 7.88. The van der Waals surface area contributed by atoms with Crippen molar-refractivity contribution in [3.8, 4) is 11.1 Å². The largest absolute Gasteiger partial charge is 0.256 e. The molecule has 4 heteroatoms. The predicted octanol–water partition coefficient (Wildman–Crippen LogP) is 6.53. The Morgan fingerprint density at radius 3 is 2.20 bits per heavy atom. The molecule has 0 fully saturated rings. The number of fused-ring (bicyclic) bond motifs is 1. The molecule has 120 valence electrons. The molecule has 4 aromatic rings. The molecule has 0 spiro atoms. The van der Waals surface area contributed by atoms with Crippen molar-refractivity contribution in [3.05, 3.63) is 108 Å². The van der Waals surface area contributed by atoms with Gasteiger partial charge in [-0.15, -0.1) is 0 Å². The molecule has 0 bridgehead atoms. The van der Waals surface area contributed by atoms with Crippen molar-refractivity contribution < 1.29 is 0 Å². The summed E-state index contributed by atoms with van der Waals surface area (Å²) >= 11 is 0. The zero-order chi connectivity index (χ0) is 17.3. The molecule has 0 radical (unpaired) electrons. The van der Waals surface area contributed by atoms with Crippen LogP contribution in [0.4, 0.5) is 5.69 Å². The van der Waals surface area contributed by atoms with Crippen LogP contribution in [0, 0.1) is 0 Å². The van der Waals surface area contributed by atoms with E-state index < -0.39 is 0 Å². The minimum absolute atomic E-state index is 0.659. The van der Waals surface area contributed by atoms with Crippen LogP contribution in [0.3, 0.4) is 0 Å². The van der Waals surface area contributed by atoms with Crippen molar-refractivity contribution in [2.24, 2.45) is 5.11 Å². The number of hydrogen-bond acceptors (Lipinski definition) is 2. The van der Waals surface area contributed by atoms with E-state index in [0.29, 0.717) is 5.69 Å². The fraction of sp³-hybridized carbons (Fsp3) is 0. The van der Waals surface area contributed by atoms with Crippen LogP contribution in [0.2, 0.25) is 0 Å². The van der Waals surface area contributed by atoms with E-state index in [1.807, 2.05) is 85.1 Å². The van der Waals surface area contributed by atoms with Crippen LogP contribution in [0.25, 0.3) is 32.5 Å². The van der Waals surface area contributed by atoms with Crippen LogP contribution in [-0.4, -0.2) is 4.98 Å². The Morgan fingerprint density at radius 1 is 0.720 bits per heavy atom. The summed E-state index contributed by atoms with van der Waals surface area (Å²) in [7, 11) is 0. The van der Waals surface area contributed by atoms with E-state index >= 15 is 0 Å². The minimum Gasteiger partial charge on any atom is -0.256 e. The molecule has 4 nitrogen and oxygen atoms in total. The van der Waals surface area contributed by atoms with Crippen molar-refractivity contribution in [3.63, 3.8) is 0 Å². The molecule has 1 aromatic heterocycles. The Labute approximate surface area is 146 Å². The highest BCUT2D eigenvalue weighted by atomic mass is 15.1. The average Bonchev–Trinajstić information content (AvgIpc) is 2.70. The van der Waals surface area contributed by atoms with Gasteiger partial charge in [0.1, 0.15) is 0 Å². The molecule has 0 aliphatic heterocycles. The van der Waals surface area contributed by atoms with Gasteiger partial charge < -0.3 is 0 Å². The maximum absolute atomic E-state index is 8.45. The van der Waals surface area contributed by atoms with E-state index in [2.05, 4.69) is 27.1 Å². The second-order valence-electron chi connectivity index (χ2n) is 5.27. The highest BCUT2D eigenvalue weighted by Gasteiger charge is 2.00. The van der Waals surface area contributed by atoms with Gasteiger partial charge in [0.15, 0.2) is 0 Å². The van der Waals surface area contributed by atoms with E-state index in [1.165, 1.54) is 5.39 Å². The molecule has 1 heterocycles. The number of azide groups is 1. The third-order valence-electron chi connectivity index (χ3n) is 3.65. The number of pyridine rings is 1. The first-order chi connectivity index (χ1) is 12.4. The van der Waals surface area contributed by atoms with Crippen molar-refractivity contribution in [1.82, 2.24) is 4.98 Å². The average molecular weight is 324 g/mol. The summed E-state index contributed by atoms with van der Waals surface area (Å²) in [6.45, 7) is 0. The van der Waals surface area contributed by atoms with E-state index in [-0.39, 0.29) is 0 Å². The van der Waals surface area contributed by atoms with Gasteiger partial charge in [-0.05, 0) is 28.8 Å². The number of aromatic nitrogens is 1. The normalized spacial score (nSPS) is 9.60. The van der Waals surface area contributed by atoms with Gasteiger partial charge in [0.2, 0.25) is 0 Å². The van der Waals surface area contributed by atoms with Crippen molar-refractivity contribution in [2.75, 3.05) is 0 Å². The van der Waals surface area contributed by atoms with Gasteiger partial charge in [-0.2, -0.15) is 0 Å². The molecule has 0 N–H and O–H groups in total. The van der Waals surface area contributed by atoms with Gasteiger partial charge in [-0.25, -0.2) is 0 Å². The number of para-hydroxylation sites is 1. The summed E-state index contributed by atoms with van der Waals surface area (Å²) < 4.78 is 0. The highest BCUT2D eigenvalue weighted by molar-refractivity contribution is 5.77. The fourth-order valence-corrected chi connectivity index (χ4v) is 2.49. The second kappa shape index (κ2) is 8.29. The third-order valence-corrected chi connectivity index (χ3v) is 3.65. The van der Waals surface area contributed by atoms with Gasteiger partial charge in [0.25, 0.3) is 0 Å². The smallest absolute Gasteiger partial charge is 0.0701 e. The molecule has 0 aliphatic carbocycles. The molecule has 0 unspecified atom stereocenters. The molecular formula is C21H16N4. The SMILES string of the molecule is [N-]=[N+]=Nc1ccccc1-c1ccccc1.c1ccc2ncccc2c1. The Balaban J connectivity index is 0.000000157. The maximum atomic E-state index is 8.45. The Bertz CT molecular complexity index is 941. The van der Waals surface area contributed by atoms with Gasteiger partial charge >= 0.3 is 0 Å². The summed E-state index contributed by atoms with van der Waals surface area (Å²) in [4.78, 5) is 7.00. The lowest BCUT2D eigenvalue weighted by atomic mass is 10.0. The zero-order valence-electron chi connectivity index (χ0n) is 13.5. The summed E-state index contributed by atoms with van der Waals surface area (Å²) in [6.07, 6.45) is 1.81. The summed E-state index contributed by atoms with van der Waals surface area (Å²) in [6, 6.07) is 29.5. The summed E-state index contributed by atoms with van der Waals surface area (Å²) in [5.41, 5.74) is 12.2. The Kier molecular flexibility index (Phi) is 5.39. The van der Waals surface area contributed by atoms with Crippen LogP contribution in [-0.2, 0) is 0 Å². The molecule has 0 atom stereocenters. The minimum atomic E-state index is 0.659. The first-order valence-corrected chi connectivity index (χ1v) is 7.88. The van der Waals surface area contributed by atoms with E-state index in [4.69, 9.17) is 5.53 Å². The van der Waals surface area contributed by atoms with Crippen LogP contribution >= 0.6 is 0 Å². The number of benzene rings is 3. The molecule has 0 amide bonds. The third kappa shape index (κ3) is 4.22. The van der Waals surface area contributed by atoms with Crippen LogP contribution in [0.1, 0.15) is 0 Å². The van der Waals surface area contributed by atoms with E-state index in [9.17, 15) is 0 Å². The fourth-order valence-electron chi connectivity index (χ4n) is 2.49. The zero-order valence-corrected chi connectivity index (χ0v) is 13.5. The van der Waals surface area contributed by atoms with Crippen molar-refractivity contribution in [1.29, 1.82) is 0 Å². The number of hydrogen-bond donors (Lipinski definition) is 0. The molecule has 25 heavy (non-hydrogen) atoms. The van der Waals surface area contributed by atoms with Gasteiger partial charge in [0, 0.05) is 22.2 Å². The van der Waals surface area contributed by atoms with Crippen LogP contribution in [0.15, 0.2) is 102 Å². The maximum Gasteiger partial charge on any atom is 0.0701 e. The molecule has 0 saturated heterocycles. The van der Waals surface area contributed by atoms with Gasteiger partial charge in [0.05, 0.1) is 5.52 Å². The van der Waals surface area contributed by atoms with Crippen LogP contribution in [0.5, 0.6) is 0 Å². The predicted molar refractivity (Wildman–Crippen MR) is 102 cm³/mol. The lowest BCUT2D eigenvalue weighted by Crippen LogP contribution is -1.76. The van der Waals surface area contributed by atoms with Gasteiger partial charge in [-0.1, -0.05) is 84.0 Å². The topological polar surface area (TPSA) is 61.7 Å². The molecular weight excluding hydrogens is 308 g/mol. The monoisotopic (exact) mass is 324 g/mol. The molecule has 0 saturated carbocycles. The summed E-state index contributed by atoms with van der Waals surface area (Å²) in [5, 5.41) is 4.86. The molecule has 3 aromatic carbocycles. The van der Waals surface area contributed by atoms with Gasteiger partial charge in [-0.3, -0.25) is 4.98 Å². The quantitative estimate of drug-likeness (QED) is 0.235. The Hall–Kier alpha value is -3.62. The second-order valence-corrected chi connectivity index (χ2v) is 5.27. The first kappa shape index (κ1) is 16.2. The van der Waals surface area contributed by atoms with Crippen LogP contribution < -0.4 is 0 Å². The van der Waals surface area contributed by atoms with E-state index in [0.717, 1.165) is 16.6 Å². The lowest BCUT2D eigenvalue weighted by Gasteiger charge is -2.03. The molecule has 4 rings (SSSR count). The lowest BCUT2D eigenvalue weighted by molar-refractivity contribution is 1.41. The Morgan fingerprint density at radius 2 is 1.40 bits per heavy atom. The highest BCUT2D eigenvalue weighted by Crippen LogP contribution is 2.29. The molecule has 0 aliphatic rings.